The SMILES string of the molecule is COc1ccc(C(=O)N(C)[C@@H](C)c2cc(-c3ccccc3)n[nH]2)cc1OCCN. The first-order valence-electron chi connectivity index (χ1n) is 9.44. The Balaban J connectivity index is 1.78. The second-order valence-electron chi connectivity index (χ2n) is 6.67. The predicted molar refractivity (Wildman–Crippen MR) is 112 cm³/mol. The van der Waals surface area contributed by atoms with Crippen LogP contribution >= 0.6 is 0 Å². The van der Waals surface area contributed by atoms with Crippen molar-refractivity contribution >= 4 is 5.91 Å². The summed E-state index contributed by atoms with van der Waals surface area (Å²) < 4.78 is 10.9. The standard InChI is InChI=1S/C22H26N4O3/c1-15(18-14-19(25-24-18)16-7-5-4-6-8-16)26(2)22(27)17-9-10-20(28-3)21(13-17)29-12-11-23/h4-10,13-15H,11-12,23H2,1-3H3,(H,24,25)/t15-/m0/s1. The monoisotopic (exact) mass is 394 g/mol. The van der Waals surface area contributed by atoms with Crippen molar-refractivity contribution in [3.8, 4) is 22.8 Å². The number of carbonyl (C=O) groups is 1. The maximum atomic E-state index is 13.0. The van der Waals surface area contributed by atoms with Gasteiger partial charge in [0.25, 0.3) is 5.91 Å². The summed E-state index contributed by atoms with van der Waals surface area (Å²) in [5.74, 6) is 0.929. The highest BCUT2D eigenvalue weighted by atomic mass is 16.5. The van der Waals surface area contributed by atoms with Gasteiger partial charge in [0.1, 0.15) is 6.61 Å². The summed E-state index contributed by atoms with van der Waals surface area (Å²) in [4.78, 5) is 14.7. The first kappa shape index (κ1) is 20.4. The minimum atomic E-state index is -0.192. The Labute approximate surface area is 170 Å². The molecule has 0 fully saturated rings. The molecule has 152 valence electrons. The largest absolute Gasteiger partial charge is 0.493 e. The molecule has 3 aromatic rings. The number of nitrogens with one attached hydrogen (secondary N) is 1. The summed E-state index contributed by atoms with van der Waals surface area (Å²) in [6.45, 7) is 2.67. The van der Waals surface area contributed by atoms with Gasteiger partial charge in [-0.1, -0.05) is 30.3 Å². The highest BCUT2D eigenvalue weighted by Crippen LogP contribution is 2.30. The van der Waals surface area contributed by atoms with Crippen LogP contribution in [0.25, 0.3) is 11.3 Å². The second-order valence-corrected chi connectivity index (χ2v) is 6.67. The maximum absolute atomic E-state index is 13.0. The highest BCUT2D eigenvalue weighted by molar-refractivity contribution is 5.95. The van der Waals surface area contributed by atoms with Crippen LogP contribution in [0.1, 0.15) is 29.0 Å². The topological polar surface area (TPSA) is 93.5 Å². The number of H-pyrrole nitrogens is 1. The molecule has 0 saturated carbocycles. The number of rotatable bonds is 8. The molecule has 1 atom stereocenters. The molecule has 0 bridgehead atoms. The third kappa shape index (κ3) is 4.57. The molecule has 0 aliphatic carbocycles. The highest BCUT2D eigenvalue weighted by Gasteiger charge is 2.22. The van der Waals surface area contributed by atoms with E-state index in [0.717, 1.165) is 17.0 Å². The van der Waals surface area contributed by atoms with Crippen LogP contribution in [0.2, 0.25) is 0 Å². The quantitative estimate of drug-likeness (QED) is 0.612. The second kappa shape index (κ2) is 9.25. The van der Waals surface area contributed by atoms with Gasteiger partial charge in [0.05, 0.1) is 24.5 Å². The lowest BCUT2D eigenvalue weighted by Gasteiger charge is -2.24. The van der Waals surface area contributed by atoms with E-state index in [4.69, 9.17) is 15.2 Å². The molecule has 0 unspecified atom stereocenters. The minimum Gasteiger partial charge on any atom is -0.493 e. The number of hydrogen-bond donors (Lipinski definition) is 2. The molecule has 0 aliphatic rings. The Morgan fingerprint density at radius 3 is 2.62 bits per heavy atom. The fourth-order valence-corrected chi connectivity index (χ4v) is 2.99. The van der Waals surface area contributed by atoms with E-state index >= 15 is 0 Å². The van der Waals surface area contributed by atoms with Crippen LogP contribution in [0, 0.1) is 0 Å². The van der Waals surface area contributed by atoms with Gasteiger partial charge < -0.3 is 20.1 Å². The number of amides is 1. The number of ether oxygens (including phenoxy) is 2. The van der Waals surface area contributed by atoms with E-state index < -0.39 is 0 Å². The Morgan fingerprint density at radius 1 is 1.17 bits per heavy atom. The van der Waals surface area contributed by atoms with Crippen molar-refractivity contribution in [1.29, 1.82) is 0 Å². The summed E-state index contributed by atoms with van der Waals surface area (Å²) >= 11 is 0. The first-order valence-corrected chi connectivity index (χ1v) is 9.44. The molecule has 7 heteroatoms. The van der Waals surface area contributed by atoms with Crippen LogP contribution in [0.15, 0.2) is 54.6 Å². The number of aromatic nitrogens is 2. The lowest BCUT2D eigenvalue weighted by atomic mass is 10.1. The van der Waals surface area contributed by atoms with E-state index in [-0.39, 0.29) is 11.9 Å². The summed E-state index contributed by atoms with van der Waals surface area (Å²) in [6.07, 6.45) is 0. The molecule has 1 amide bonds. The molecule has 0 saturated heterocycles. The van der Waals surface area contributed by atoms with Crippen LogP contribution in [0.5, 0.6) is 11.5 Å². The van der Waals surface area contributed by atoms with E-state index in [1.54, 1.807) is 37.3 Å². The van der Waals surface area contributed by atoms with Crippen molar-refractivity contribution in [2.24, 2.45) is 5.73 Å². The van der Waals surface area contributed by atoms with E-state index in [9.17, 15) is 4.79 Å². The molecule has 29 heavy (non-hydrogen) atoms. The zero-order valence-corrected chi connectivity index (χ0v) is 16.9. The Hall–Kier alpha value is -3.32. The van der Waals surface area contributed by atoms with Gasteiger partial charge in [0.2, 0.25) is 0 Å². The van der Waals surface area contributed by atoms with Gasteiger partial charge in [-0.25, -0.2) is 0 Å². The number of hydrogen-bond acceptors (Lipinski definition) is 5. The predicted octanol–water partition coefficient (Wildman–Crippen LogP) is 3.26. The molecule has 7 nitrogen and oxygen atoms in total. The van der Waals surface area contributed by atoms with Gasteiger partial charge in [-0.2, -0.15) is 5.10 Å². The van der Waals surface area contributed by atoms with Gasteiger partial charge >= 0.3 is 0 Å². The first-order chi connectivity index (χ1) is 14.0. The third-order valence-electron chi connectivity index (χ3n) is 4.80. The Morgan fingerprint density at radius 2 is 1.93 bits per heavy atom. The average molecular weight is 394 g/mol. The molecule has 3 N–H and O–H groups in total. The summed E-state index contributed by atoms with van der Waals surface area (Å²) in [6, 6.07) is 16.8. The van der Waals surface area contributed by atoms with E-state index in [0.29, 0.717) is 30.2 Å². The van der Waals surface area contributed by atoms with Crippen molar-refractivity contribution in [3.63, 3.8) is 0 Å². The normalized spacial score (nSPS) is 11.7. The van der Waals surface area contributed by atoms with E-state index in [1.807, 2.05) is 43.3 Å². The molecule has 1 heterocycles. The molecular weight excluding hydrogens is 368 g/mol. The lowest BCUT2D eigenvalue weighted by molar-refractivity contribution is 0.0739. The van der Waals surface area contributed by atoms with Crippen LogP contribution in [0.3, 0.4) is 0 Å². The van der Waals surface area contributed by atoms with Gasteiger partial charge in [-0.3, -0.25) is 9.89 Å². The number of carbonyl (C=O) groups excluding carboxylic acids is 1. The summed E-state index contributed by atoms with van der Waals surface area (Å²) in [5.41, 5.74) is 8.74. The molecule has 0 spiro atoms. The molecule has 3 rings (SSSR count). The van der Waals surface area contributed by atoms with Crippen molar-refractivity contribution < 1.29 is 14.3 Å². The fraction of sp³-hybridized carbons (Fsp3) is 0.273. The van der Waals surface area contributed by atoms with Gasteiger partial charge in [-0.15, -0.1) is 0 Å². The molecule has 2 aromatic carbocycles. The number of methoxy groups -OCH3 is 1. The minimum absolute atomic E-state index is 0.131. The molecule has 0 aliphatic heterocycles. The Bertz CT molecular complexity index is 956. The zero-order valence-electron chi connectivity index (χ0n) is 16.9. The fourth-order valence-electron chi connectivity index (χ4n) is 2.99. The average Bonchev–Trinajstić information content (AvgIpc) is 3.26. The number of nitrogens with two attached hydrogens (primary N) is 1. The van der Waals surface area contributed by atoms with Crippen LogP contribution in [-0.2, 0) is 0 Å². The van der Waals surface area contributed by atoms with Crippen LogP contribution in [0.4, 0.5) is 0 Å². The number of nitrogens with zero attached hydrogens (tertiary/aromatic N) is 2. The third-order valence-corrected chi connectivity index (χ3v) is 4.80. The zero-order chi connectivity index (χ0) is 20.8. The van der Waals surface area contributed by atoms with Crippen LogP contribution in [-0.4, -0.2) is 48.3 Å². The van der Waals surface area contributed by atoms with E-state index in [1.165, 1.54) is 0 Å². The van der Waals surface area contributed by atoms with Crippen molar-refractivity contribution in [2.75, 3.05) is 27.3 Å². The van der Waals surface area contributed by atoms with Gasteiger partial charge in [-0.05, 0) is 31.2 Å². The van der Waals surface area contributed by atoms with E-state index in [2.05, 4.69) is 10.2 Å². The van der Waals surface area contributed by atoms with Crippen molar-refractivity contribution in [3.05, 3.63) is 65.9 Å². The summed E-state index contributed by atoms with van der Waals surface area (Å²) in [7, 11) is 3.32. The molecule has 1 aromatic heterocycles. The number of benzene rings is 2. The van der Waals surface area contributed by atoms with Crippen molar-refractivity contribution in [2.45, 2.75) is 13.0 Å². The molecular formula is C22H26N4O3. The van der Waals surface area contributed by atoms with Gasteiger partial charge in [0.15, 0.2) is 11.5 Å². The lowest BCUT2D eigenvalue weighted by Crippen LogP contribution is -2.30. The summed E-state index contributed by atoms with van der Waals surface area (Å²) in [5, 5.41) is 7.43. The Kier molecular flexibility index (Phi) is 6.51. The van der Waals surface area contributed by atoms with Crippen molar-refractivity contribution in [1.82, 2.24) is 15.1 Å². The molecule has 0 radical (unpaired) electrons. The van der Waals surface area contributed by atoms with Gasteiger partial charge in [0, 0.05) is 24.7 Å². The van der Waals surface area contributed by atoms with Crippen LogP contribution < -0.4 is 15.2 Å². The number of aromatic amines is 1. The maximum Gasteiger partial charge on any atom is 0.254 e. The smallest absolute Gasteiger partial charge is 0.254 e.